The third-order valence-electron chi connectivity index (χ3n) is 24.2. The maximum Gasteiger partial charge on any atom is 0.252 e. The van der Waals surface area contributed by atoms with Gasteiger partial charge in [-0.3, -0.25) is 0 Å². The molecular formula is C108H82BN5O2. The van der Waals surface area contributed by atoms with Gasteiger partial charge in [-0.25, -0.2) is 0 Å². The first kappa shape index (κ1) is 53.2. The van der Waals surface area contributed by atoms with Crippen molar-refractivity contribution in [1.29, 1.82) is 0 Å². The summed E-state index contributed by atoms with van der Waals surface area (Å²) in [4.78, 5) is 4.41. The number of para-hydroxylation sites is 7. The highest BCUT2D eigenvalue weighted by atomic mass is 16.3. The molecule has 8 heteroatoms. The van der Waals surface area contributed by atoms with Crippen molar-refractivity contribution in [3.8, 4) is 50.4 Å². The second-order valence-corrected chi connectivity index (χ2v) is 34.0. The predicted octanol–water partition coefficient (Wildman–Crippen LogP) is 27.8. The summed E-state index contributed by atoms with van der Waals surface area (Å²) in [6.45, 7) is 19.1. The largest absolute Gasteiger partial charge is 0.456 e. The molecule has 0 bridgehead atoms. The molecule has 0 aliphatic carbocycles. The number of hydrogen-bond acceptors (Lipinski definition) is 4. The first-order valence-corrected chi connectivity index (χ1v) is 39.4. The molecule has 0 saturated heterocycles. The summed E-state index contributed by atoms with van der Waals surface area (Å²) in [6.07, 6.45) is 0. The molecule has 0 fully saturated rings. The van der Waals surface area contributed by atoms with Crippen LogP contribution >= 0.6 is 0 Å². The SMILES string of the molecule is [2H]c1c([2H])c([2H])c2c(c1[2H])c1c([2H])c([2H])c([2H])c([2H])c1n2-c1ccc2c(c1)N(c1cccc3c1oc1c(-c4cccc5oc6ccccc6c45)cccc13)c1cc(-n3c4c([2H])c([2H])c([2H])c([2H])c4c4c([2H])c([2H])c([2H])c([2H])c43)cc3c1B2c1ccc(-n2c4ccc(C(C)(C)C)cc4c4cc(C(C)(C)C)ccc42)cc1N3c1c(-c2ccccc2)cc(C(C)(C)C)cc1-c1ccccc1. The molecule has 0 spiro atoms. The number of fused-ring (bicyclic) bond motifs is 19. The number of hydrogen-bond donors (Lipinski definition) is 0. The molecule has 7 heterocycles. The Morgan fingerprint density at radius 1 is 0.284 bits per heavy atom. The lowest BCUT2D eigenvalue weighted by molar-refractivity contribution is 0.590. The molecule has 0 amide bonds. The predicted molar refractivity (Wildman–Crippen MR) is 490 cm³/mol. The summed E-state index contributed by atoms with van der Waals surface area (Å²) in [6, 6.07) is 71.9. The molecule has 5 aromatic heterocycles. The van der Waals surface area contributed by atoms with Gasteiger partial charge in [-0.15, -0.1) is 0 Å². The van der Waals surface area contributed by atoms with Crippen molar-refractivity contribution in [2.45, 2.75) is 78.6 Å². The highest BCUT2D eigenvalue weighted by Gasteiger charge is 2.46. The number of anilines is 6. The van der Waals surface area contributed by atoms with Crippen LogP contribution < -0.4 is 26.2 Å². The van der Waals surface area contributed by atoms with E-state index in [0.29, 0.717) is 67.1 Å². The van der Waals surface area contributed by atoms with Crippen LogP contribution in [0.1, 0.15) is 101 Å². The minimum absolute atomic E-state index is 0.107. The topological polar surface area (TPSA) is 47.6 Å². The van der Waals surface area contributed by atoms with Crippen molar-refractivity contribution in [2.75, 3.05) is 9.80 Å². The van der Waals surface area contributed by atoms with E-state index in [1.807, 2.05) is 140 Å². The van der Waals surface area contributed by atoms with Crippen molar-refractivity contribution >= 4 is 167 Å². The van der Waals surface area contributed by atoms with Gasteiger partial charge in [0.1, 0.15) is 16.7 Å². The fourth-order valence-electron chi connectivity index (χ4n) is 18.6. The Balaban J connectivity index is 0.938. The van der Waals surface area contributed by atoms with Crippen LogP contribution in [0.15, 0.2) is 342 Å². The fraction of sp³-hybridized carbons (Fsp3) is 0.111. The number of aromatic nitrogens is 3. The molecule has 23 rings (SSSR count). The van der Waals surface area contributed by atoms with Gasteiger partial charge < -0.3 is 32.3 Å². The number of benzene rings is 16. The van der Waals surface area contributed by atoms with Crippen molar-refractivity contribution in [2.24, 2.45) is 0 Å². The molecule has 0 radical (unpaired) electrons. The van der Waals surface area contributed by atoms with E-state index >= 15 is 0 Å². The Labute approximate surface area is 696 Å². The van der Waals surface area contributed by atoms with Gasteiger partial charge >= 0.3 is 0 Å². The van der Waals surface area contributed by atoms with Crippen molar-refractivity contribution in [3.05, 3.63) is 350 Å². The minimum Gasteiger partial charge on any atom is -0.456 e. The van der Waals surface area contributed by atoms with Crippen molar-refractivity contribution in [3.63, 3.8) is 0 Å². The molecule has 21 aromatic rings. The molecule has 7 nitrogen and oxygen atoms in total. The second kappa shape index (κ2) is 24.8. The molecule has 2 aliphatic heterocycles. The van der Waals surface area contributed by atoms with E-state index in [1.54, 1.807) is 4.57 Å². The van der Waals surface area contributed by atoms with Gasteiger partial charge in [0.2, 0.25) is 0 Å². The zero-order valence-electron chi connectivity index (χ0n) is 81.1. The highest BCUT2D eigenvalue weighted by molar-refractivity contribution is 7.00. The maximum atomic E-state index is 10.3. The lowest BCUT2D eigenvalue weighted by Crippen LogP contribution is -2.61. The number of rotatable bonds is 8. The zero-order valence-corrected chi connectivity index (χ0v) is 65.1. The van der Waals surface area contributed by atoms with E-state index in [0.717, 1.165) is 105 Å². The Kier molecular flexibility index (Phi) is 11.4. The van der Waals surface area contributed by atoms with Crippen LogP contribution in [-0.2, 0) is 16.2 Å². The number of nitrogens with zero attached hydrogens (tertiary/aromatic N) is 5. The summed E-state index contributed by atoms with van der Waals surface area (Å²) < 4.78 is 175. The molecule has 2 aliphatic rings. The van der Waals surface area contributed by atoms with Crippen LogP contribution in [0, 0.1) is 0 Å². The normalized spacial score (nSPS) is 15.1. The Hall–Kier alpha value is -13.8. The summed E-state index contributed by atoms with van der Waals surface area (Å²) >= 11 is 0. The lowest BCUT2D eigenvalue weighted by atomic mass is 9.33. The van der Waals surface area contributed by atoms with E-state index in [2.05, 4.69) is 174 Å². The minimum atomic E-state index is -0.854. The average Bonchev–Trinajstić information content (AvgIpc) is 1.11. The van der Waals surface area contributed by atoms with Crippen LogP contribution in [0.4, 0.5) is 34.1 Å². The molecule has 116 heavy (non-hydrogen) atoms. The second-order valence-electron chi connectivity index (χ2n) is 34.0. The van der Waals surface area contributed by atoms with E-state index in [-0.39, 0.29) is 65.8 Å². The molecule has 0 saturated carbocycles. The Bertz CT molecular complexity index is 8480. The Morgan fingerprint density at radius 2 is 0.716 bits per heavy atom. The van der Waals surface area contributed by atoms with Crippen LogP contribution in [0.25, 0.3) is 160 Å². The smallest absolute Gasteiger partial charge is 0.252 e. The first-order chi connectivity index (χ1) is 63.1. The quantitative estimate of drug-likeness (QED) is 0.142. The van der Waals surface area contributed by atoms with Gasteiger partial charge in [-0.1, -0.05) is 280 Å². The van der Waals surface area contributed by atoms with Gasteiger partial charge in [0.25, 0.3) is 6.71 Å². The van der Waals surface area contributed by atoms with Gasteiger partial charge in [-0.2, -0.15) is 0 Å². The van der Waals surface area contributed by atoms with Crippen LogP contribution in [0.2, 0.25) is 0 Å². The molecular weight excluding hydrogens is 1410 g/mol. The van der Waals surface area contributed by atoms with E-state index in [1.165, 1.54) is 4.57 Å². The lowest BCUT2D eigenvalue weighted by Gasteiger charge is -2.45. The average molecular weight is 1510 g/mol. The van der Waals surface area contributed by atoms with Crippen LogP contribution in [0.5, 0.6) is 0 Å². The summed E-state index contributed by atoms with van der Waals surface area (Å²) in [7, 11) is 0. The summed E-state index contributed by atoms with van der Waals surface area (Å²) in [5.74, 6) is 0. The third-order valence-corrected chi connectivity index (χ3v) is 24.2. The molecule has 16 aromatic carbocycles. The molecule has 554 valence electrons. The zero-order chi connectivity index (χ0) is 91.9. The monoisotopic (exact) mass is 1510 g/mol. The summed E-state index contributed by atoms with van der Waals surface area (Å²) in [5.41, 5.74) is 17.8. The van der Waals surface area contributed by atoms with E-state index in [9.17, 15) is 21.9 Å². The maximum absolute atomic E-state index is 10.3. The van der Waals surface area contributed by atoms with Gasteiger partial charge in [0.15, 0.2) is 5.58 Å². The Morgan fingerprint density at radius 3 is 1.26 bits per heavy atom. The van der Waals surface area contributed by atoms with E-state index < -0.39 is 109 Å². The first-order valence-electron chi connectivity index (χ1n) is 47.4. The standard InChI is InChI=1S/C108H82BN5O2/c1-106(2,3)67-49-55-92-84(57-67)85-58-68(107(4,5)6)50-56-93(85)111(92)71-52-54-87-96(62-71)114(103-82(65-29-12-10-13-30-65)59-69(108(7,8)9)60-83(103)66-31-14-11-15-32-66)98-64-72(112-90-44-23-18-35-75(90)76-36-19-24-45-91(76)112)63-97-102(98)109(87)86-53-51-70(110-88-42-21-16-33-73(88)74-34-17-22-43-89(74)110)61-95(86)113(97)94-46-27-41-80-79-40-26-39-78(104(79)116-105(80)94)77-38-28-48-100-101(77)81-37-20-25-47-99(81)115-100/h10-64H,1-9H3/i16D,17D,18D,19D,21D,22D,23D,24D,33D,34D,35D,36D,42D,43D,44D,45D. The molecule has 0 atom stereocenters. The highest BCUT2D eigenvalue weighted by Crippen LogP contribution is 2.55. The fourth-order valence-corrected chi connectivity index (χ4v) is 18.6. The van der Waals surface area contributed by atoms with Crippen molar-refractivity contribution < 1.29 is 30.8 Å². The molecule has 0 unspecified atom stereocenters. The molecule has 0 N–H and O–H groups in total. The van der Waals surface area contributed by atoms with Gasteiger partial charge in [0, 0.05) is 105 Å². The van der Waals surface area contributed by atoms with E-state index in [4.69, 9.17) is 8.83 Å². The van der Waals surface area contributed by atoms with Crippen LogP contribution in [-0.4, -0.2) is 20.4 Å². The van der Waals surface area contributed by atoms with Crippen LogP contribution in [0.3, 0.4) is 0 Å². The van der Waals surface area contributed by atoms with Gasteiger partial charge in [0.05, 0.1) is 72.1 Å². The third kappa shape index (κ3) is 10.0. The number of furan rings is 2. The van der Waals surface area contributed by atoms with Crippen molar-refractivity contribution in [1.82, 2.24) is 13.7 Å². The van der Waals surface area contributed by atoms with Gasteiger partial charge in [-0.05, 0) is 181 Å². The summed E-state index contributed by atoms with van der Waals surface area (Å²) in [5, 5.41) is 4.82.